The van der Waals surface area contributed by atoms with Crippen LogP contribution in [0.15, 0.2) is 36.5 Å². The molecule has 31 heavy (non-hydrogen) atoms. The summed E-state index contributed by atoms with van der Waals surface area (Å²) in [6.45, 7) is 6.73. The topological polar surface area (TPSA) is 86.4 Å². The number of ether oxygens (including phenoxy) is 1. The van der Waals surface area contributed by atoms with E-state index in [9.17, 15) is 5.26 Å². The van der Waals surface area contributed by atoms with Crippen molar-refractivity contribution in [1.29, 1.82) is 5.26 Å². The summed E-state index contributed by atoms with van der Waals surface area (Å²) in [4.78, 5) is 0. The molecule has 0 saturated carbocycles. The van der Waals surface area contributed by atoms with E-state index in [1.54, 1.807) is 6.20 Å². The summed E-state index contributed by atoms with van der Waals surface area (Å²) in [7, 11) is 0. The van der Waals surface area contributed by atoms with Crippen LogP contribution in [0, 0.1) is 11.3 Å². The monoisotopic (exact) mass is 418 g/mol. The van der Waals surface area contributed by atoms with Crippen LogP contribution >= 0.6 is 0 Å². The Hall–Kier alpha value is -3.24. The fourth-order valence-corrected chi connectivity index (χ4v) is 4.21. The second-order valence-corrected chi connectivity index (χ2v) is 7.84. The summed E-state index contributed by atoms with van der Waals surface area (Å²) in [6, 6.07) is 12.6. The van der Waals surface area contributed by atoms with Gasteiger partial charge in [0.2, 0.25) is 0 Å². The first-order valence-corrected chi connectivity index (χ1v) is 11.1. The lowest BCUT2D eigenvalue weighted by molar-refractivity contribution is 0.340. The zero-order chi connectivity index (χ0) is 21.6. The summed E-state index contributed by atoms with van der Waals surface area (Å²) in [5, 5.41) is 25.3. The number of hydrogen-bond donors (Lipinski definition) is 3. The molecule has 0 radical (unpaired) electrons. The summed E-state index contributed by atoms with van der Waals surface area (Å²) >= 11 is 0. The van der Waals surface area contributed by atoms with Crippen LogP contribution in [0.3, 0.4) is 0 Å². The third-order valence-electron chi connectivity index (χ3n) is 5.63. The minimum atomic E-state index is 0.306. The van der Waals surface area contributed by atoms with Gasteiger partial charge in [0.1, 0.15) is 23.2 Å². The van der Waals surface area contributed by atoms with Crippen molar-refractivity contribution in [3.63, 3.8) is 0 Å². The van der Waals surface area contributed by atoms with Crippen LogP contribution in [-0.4, -0.2) is 35.4 Å². The van der Waals surface area contributed by atoms with Gasteiger partial charge in [0.15, 0.2) is 0 Å². The highest BCUT2D eigenvalue weighted by Crippen LogP contribution is 2.35. The van der Waals surface area contributed by atoms with Gasteiger partial charge in [-0.1, -0.05) is 13.3 Å². The Labute approximate surface area is 183 Å². The molecule has 4 rings (SSSR count). The maximum absolute atomic E-state index is 10.0. The number of nitrogens with zero attached hydrogens (tertiary/aromatic N) is 3. The molecule has 2 aromatic heterocycles. The maximum Gasteiger partial charge on any atom is 0.137 e. The number of anilines is 3. The maximum atomic E-state index is 10.0. The fraction of sp³-hybridized carbons (Fsp3) is 0.417. The Balaban J connectivity index is 1.79. The molecular weight excluding hydrogens is 388 g/mol. The van der Waals surface area contributed by atoms with E-state index in [2.05, 4.69) is 34.0 Å². The normalized spacial score (nSPS) is 16.1. The van der Waals surface area contributed by atoms with E-state index in [0.717, 1.165) is 72.8 Å². The molecule has 0 bridgehead atoms. The molecule has 1 aromatic carbocycles. The predicted molar refractivity (Wildman–Crippen MR) is 124 cm³/mol. The van der Waals surface area contributed by atoms with E-state index >= 15 is 0 Å². The number of pyridine rings is 1. The van der Waals surface area contributed by atoms with Crippen LogP contribution in [0.2, 0.25) is 0 Å². The first kappa shape index (κ1) is 21.0. The Morgan fingerprint density at radius 3 is 2.77 bits per heavy atom. The van der Waals surface area contributed by atoms with E-state index in [1.165, 1.54) is 0 Å². The van der Waals surface area contributed by atoms with Crippen molar-refractivity contribution in [3.8, 4) is 11.8 Å². The number of rotatable bonds is 8. The van der Waals surface area contributed by atoms with Gasteiger partial charge >= 0.3 is 0 Å². The number of piperidine rings is 1. The second kappa shape index (κ2) is 9.71. The summed E-state index contributed by atoms with van der Waals surface area (Å²) in [5.41, 5.74) is 4.44. The van der Waals surface area contributed by atoms with Crippen molar-refractivity contribution in [2.45, 2.75) is 45.6 Å². The number of hydrogen-bond acceptors (Lipinski definition) is 6. The smallest absolute Gasteiger partial charge is 0.137 e. The first-order chi connectivity index (χ1) is 15.2. The molecule has 3 N–H and O–H groups in total. The largest absolute Gasteiger partial charge is 0.494 e. The molecule has 1 atom stereocenters. The molecule has 0 unspecified atom stereocenters. The molecule has 3 heterocycles. The number of nitrogens with one attached hydrogen (secondary N) is 3. The molecule has 1 aliphatic heterocycles. The van der Waals surface area contributed by atoms with Gasteiger partial charge < -0.3 is 20.7 Å². The van der Waals surface area contributed by atoms with Gasteiger partial charge in [-0.2, -0.15) is 10.4 Å². The van der Waals surface area contributed by atoms with Crippen molar-refractivity contribution in [2.75, 3.05) is 30.3 Å². The minimum absolute atomic E-state index is 0.306. The van der Waals surface area contributed by atoms with E-state index in [1.807, 2.05) is 41.8 Å². The molecule has 7 nitrogen and oxygen atoms in total. The SMILES string of the molecule is CCCc1c(N[C@@H]2CCCNC2)c(C#N)c2ccnn2c1Nc1ccc(OCC)cc1. The van der Waals surface area contributed by atoms with Gasteiger partial charge in [0.25, 0.3) is 0 Å². The molecule has 3 aromatic rings. The lowest BCUT2D eigenvalue weighted by Gasteiger charge is -2.28. The van der Waals surface area contributed by atoms with Crippen LogP contribution in [0.5, 0.6) is 5.75 Å². The summed E-state index contributed by atoms with van der Waals surface area (Å²) in [6.07, 6.45) is 5.78. The minimum Gasteiger partial charge on any atom is -0.494 e. The van der Waals surface area contributed by atoms with Crippen molar-refractivity contribution in [1.82, 2.24) is 14.9 Å². The Kier molecular flexibility index (Phi) is 6.58. The van der Waals surface area contributed by atoms with Crippen molar-refractivity contribution in [2.24, 2.45) is 0 Å². The highest BCUT2D eigenvalue weighted by atomic mass is 16.5. The van der Waals surface area contributed by atoms with Crippen LogP contribution in [0.1, 0.15) is 44.2 Å². The van der Waals surface area contributed by atoms with Crippen LogP contribution < -0.4 is 20.7 Å². The molecule has 0 amide bonds. The van der Waals surface area contributed by atoms with Crippen molar-refractivity contribution >= 4 is 22.7 Å². The van der Waals surface area contributed by atoms with Crippen LogP contribution in [0.25, 0.3) is 5.52 Å². The zero-order valence-corrected chi connectivity index (χ0v) is 18.2. The lowest BCUT2D eigenvalue weighted by atomic mass is 10.0. The van der Waals surface area contributed by atoms with E-state index in [0.29, 0.717) is 18.2 Å². The highest BCUT2D eigenvalue weighted by molar-refractivity contribution is 5.82. The fourth-order valence-electron chi connectivity index (χ4n) is 4.21. The molecule has 0 spiro atoms. The average molecular weight is 419 g/mol. The first-order valence-electron chi connectivity index (χ1n) is 11.1. The van der Waals surface area contributed by atoms with Gasteiger partial charge in [-0.3, -0.25) is 0 Å². The summed E-state index contributed by atoms with van der Waals surface area (Å²) < 4.78 is 7.42. The molecule has 0 aliphatic carbocycles. The van der Waals surface area contributed by atoms with E-state index in [4.69, 9.17) is 4.74 Å². The zero-order valence-electron chi connectivity index (χ0n) is 18.2. The number of aromatic nitrogens is 2. The number of nitriles is 1. The second-order valence-electron chi connectivity index (χ2n) is 7.84. The third-order valence-corrected chi connectivity index (χ3v) is 5.63. The van der Waals surface area contributed by atoms with Gasteiger partial charge in [0, 0.05) is 23.8 Å². The average Bonchev–Trinajstić information content (AvgIpc) is 3.28. The van der Waals surface area contributed by atoms with Gasteiger partial charge in [0.05, 0.1) is 24.0 Å². The number of fused-ring (bicyclic) bond motifs is 1. The Bertz CT molecular complexity index is 1060. The molecule has 1 aliphatic rings. The van der Waals surface area contributed by atoms with Gasteiger partial charge in [-0.15, -0.1) is 0 Å². The highest BCUT2D eigenvalue weighted by Gasteiger charge is 2.23. The Morgan fingerprint density at radius 2 is 2.10 bits per heavy atom. The molecule has 1 fully saturated rings. The quantitative estimate of drug-likeness (QED) is 0.501. The van der Waals surface area contributed by atoms with Crippen molar-refractivity contribution in [3.05, 3.63) is 47.7 Å². The van der Waals surface area contributed by atoms with Gasteiger partial charge in [-0.05, 0) is 63.1 Å². The third kappa shape index (κ3) is 4.44. The summed E-state index contributed by atoms with van der Waals surface area (Å²) in [5.74, 6) is 1.74. The molecule has 7 heteroatoms. The van der Waals surface area contributed by atoms with Crippen LogP contribution in [-0.2, 0) is 6.42 Å². The van der Waals surface area contributed by atoms with Crippen LogP contribution in [0.4, 0.5) is 17.2 Å². The van der Waals surface area contributed by atoms with E-state index < -0.39 is 0 Å². The Morgan fingerprint density at radius 1 is 1.26 bits per heavy atom. The van der Waals surface area contributed by atoms with E-state index in [-0.39, 0.29) is 0 Å². The lowest BCUT2D eigenvalue weighted by Crippen LogP contribution is -2.39. The van der Waals surface area contributed by atoms with Crippen molar-refractivity contribution < 1.29 is 4.74 Å². The number of benzene rings is 1. The standard InChI is InChI=1S/C24H30N6O/c1-3-6-20-23(28-18-7-5-13-26-16-18)21(15-25)22-12-14-27-30(22)24(20)29-17-8-10-19(11-9-17)31-4-2/h8-12,14,18,26,28-29H,3-7,13,16H2,1-2H3/t18-/m1/s1. The van der Waals surface area contributed by atoms with Gasteiger partial charge in [-0.25, -0.2) is 4.52 Å². The predicted octanol–water partition coefficient (Wildman–Crippen LogP) is 4.46. The molecule has 1 saturated heterocycles. The molecular formula is C24H30N6O. The molecule has 162 valence electrons.